The zero-order valence-electron chi connectivity index (χ0n) is 9.81. The van der Waals surface area contributed by atoms with E-state index in [9.17, 15) is 0 Å². The molecule has 17 heavy (non-hydrogen) atoms. The summed E-state index contributed by atoms with van der Waals surface area (Å²) in [5.74, 6) is 1.85. The van der Waals surface area contributed by atoms with E-state index in [1.165, 1.54) is 5.56 Å². The van der Waals surface area contributed by atoms with Crippen LogP contribution in [0.15, 0.2) is 28.8 Å². The van der Waals surface area contributed by atoms with E-state index in [1.807, 2.05) is 12.1 Å². The molecule has 3 rings (SSSR count). The molecule has 0 bridgehead atoms. The smallest absolute Gasteiger partial charge is 0.257 e. The number of rotatable bonds is 2. The van der Waals surface area contributed by atoms with E-state index >= 15 is 0 Å². The Morgan fingerprint density at radius 3 is 3.12 bits per heavy atom. The van der Waals surface area contributed by atoms with Crippen LogP contribution in [0.5, 0.6) is 0 Å². The summed E-state index contributed by atoms with van der Waals surface area (Å²) < 4.78 is 5.33. The van der Waals surface area contributed by atoms with Gasteiger partial charge in [0.05, 0.1) is 0 Å². The van der Waals surface area contributed by atoms with Gasteiger partial charge < -0.3 is 9.84 Å². The summed E-state index contributed by atoms with van der Waals surface area (Å²) in [5.41, 5.74) is 2.19. The Kier molecular flexibility index (Phi) is 2.65. The fourth-order valence-electron chi connectivity index (χ4n) is 2.17. The molecule has 1 fully saturated rings. The number of hydrogen-bond acceptors (Lipinski definition) is 4. The molecule has 0 saturated carbocycles. The van der Waals surface area contributed by atoms with E-state index < -0.39 is 0 Å². The molecule has 1 aliphatic heterocycles. The largest absolute Gasteiger partial charge is 0.334 e. The van der Waals surface area contributed by atoms with Gasteiger partial charge in [0.2, 0.25) is 0 Å². The number of aromatic nitrogens is 2. The SMILES string of the molecule is Cc1cccc(-c2nc([C@H]3CCNC3)no2)c1. The first-order chi connectivity index (χ1) is 8.33. The van der Waals surface area contributed by atoms with Crippen LogP contribution in [0.4, 0.5) is 0 Å². The highest BCUT2D eigenvalue weighted by molar-refractivity contribution is 5.53. The van der Waals surface area contributed by atoms with Crippen LogP contribution in [0.1, 0.15) is 23.7 Å². The van der Waals surface area contributed by atoms with E-state index in [4.69, 9.17) is 4.52 Å². The van der Waals surface area contributed by atoms with Crippen molar-refractivity contribution in [3.05, 3.63) is 35.7 Å². The number of aryl methyl sites for hydroxylation is 1. The average Bonchev–Trinajstić information content (AvgIpc) is 3.00. The zero-order chi connectivity index (χ0) is 11.7. The predicted octanol–water partition coefficient (Wildman–Crippen LogP) is 2.12. The van der Waals surface area contributed by atoms with Gasteiger partial charge in [0.25, 0.3) is 5.89 Å². The van der Waals surface area contributed by atoms with E-state index in [0.717, 1.165) is 30.9 Å². The molecule has 4 nitrogen and oxygen atoms in total. The van der Waals surface area contributed by atoms with Crippen LogP contribution in [0, 0.1) is 6.92 Å². The zero-order valence-corrected chi connectivity index (χ0v) is 9.81. The van der Waals surface area contributed by atoms with Crippen LogP contribution < -0.4 is 5.32 Å². The molecule has 0 aliphatic carbocycles. The van der Waals surface area contributed by atoms with Gasteiger partial charge in [0.1, 0.15) is 0 Å². The van der Waals surface area contributed by atoms with Gasteiger partial charge >= 0.3 is 0 Å². The molecule has 0 amide bonds. The number of benzene rings is 1. The van der Waals surface area contributed by atoms with Crippen LogP contribution in [0.3, 0.4) is 0 Å². The summed E-state index contributed by atoms with van der Waals surface area (Å²) in [4.78, 5) is 4.49. The third-order valence-electron chi connectivity index (χ3n) is 3.13. The highest BCUT2D eigenvalue weighted by Crippen LogP contribution is 2.23. The Morgan fingerprint density at radius 1 is 1.41 bits per heavy atom. The average molecular weight is 229 g/mol. The van der Waals surface area contributed by atoms with Crippen molar-refractivity contribution in [3.8, 4) is 11.5 Å². The van der Waals surface area contributed by atoms with Crippen molar-refractivity contribution in [2.75, 3.05) is 13.1 Å². The fraction of sp³-hybridized carbons (Fsp3) is 0.385. The topological polar surface area (TPSA) is 51.0 Å². The van der Waals surface area contributed by atoms with Gasteiger partial charge in [-0.25, -0.2) is 0 Å². The highest BCUT2D eigenvalue weighted by atomic mass is 16.5. The van der Waals surface area contributed by atoms with Gasteiger partial charge in [0.15, 0.2) is 5.82 Å². The minimum absolute atomic E-state index is 0.400. The van der Waals surface area contributed by atoms with Crippen LogP contribution in [0.2, 0.25) is 0 Å². The Labute approximate surface area is 100 Å². The van der Waals surface area contributed by atoms with E-state index in [2.05, 4.69) is 34.5 Å². The molecular formula is C13H15N3O. The maximum Gasteiger partial charge on any atom is 0.257 e. The van der Waals surface area contributed by atoms with Crippen LogP contribution in [-0.4, -0.2) is 23.2 Å². The molecule has 1 N–H and O–H groups in total. The Bertz CT molecular complexity index is 515. The molecule has 1 aliphatic rings. The van der Waals surface area contributed by atoms with Crippen LogP contribution in [-0.2, 0) is 0 Å². The number of nitrogens with one attached hydrogen (secondary N) is 1. The van der Waals surface area contributed by atoms with Gasteiger partial charge in [-0.1, -0.05) is 22.9 Å². The summed E-state index contributed by atoms with van der Waals surface area (Å²) in [7, 11) is 0. The molecule has 4 heteroatoms. The molecule has 1 atom stereocenters. The summed E-state index contributed by atoms with van der Waals surface area (Å²) >= 11 is 0. The van der Waals surface area contributed by atoms with Crippen molar-refractivity contribution in [2.45, 2.75) is 19.3 Å². The Morgan fingerprint density at radius 2 is 2.35 bits per heavy atom. The second-order valence-corrected chi connectivity index (χ2v) is 4.52. The third kappa shape index (κ3) is 2.08. The van der Waals surface area contributed by atoms with Gasteiger partial charge in [-0.05, 0) is 32.0 Å². The van der Waals surface area contributed by atoms with Crippen LogP contribution in [0.25, 0.3) is 11.5 Å². The number of hydrogen-bond donors (Lipinski definition) is 1. The minimum Gasteiger partial charge on any atom is -0.334 e. The van der Waals surface area contributed by atoms with Crippen LogP contribution >= 0.6 is 0 Å². The normalized spacial score (nSPS) is 19.7. The van der Waals surface area contributed by atoms with Gasteiger partial charge in [-0.2, -0.15) is 4.98 Å². The molecule has 1 saturated heterocycles. The molecule has 0 spiro atoms. The lowest BCUT2D eigenvalue weighted by Crippen LogP contribution is -2.08. The van der Waals surface area contributed by atoms with E-state index in [1.54, 1.807) is 0 Å². The lowest BCUT2D eigenvalue weighted by atomic mass is 10.1. The molecule has 1 aromatic heterocycles. The molecular weight excluding hydrogens is 214 g/mol. The number of nitrogens with zero attached hydrogens (tertiary/aromatic N) is 2. The summed E-state index contributed by atoms with van der Waals surface area (Å²) in [6.45, 7) is 4.05. The van der Waals surface area contributed by atoms with Gasteiger partial charge in [-0.15, -0.1) is 0 Å². The monoisotopic (exact) mass is 229 g/mol. The molecule has 2 heterocycles. The van der Waals surface area contributed by atoms with Gasteiger partial charge in [0, 0.05) is 18.0 Å². The predicted molar refractivity (Wildman–Crippen MR) is 64.7 cm³/mol. The summed E-state index contributed by atoms with van der Waals surface area (Å²) in [6.07, 6.45) is 1.09. The highest BCUT2D eigenvalue weighted by Gasteiger charge is 2.22. The van der Waals surface area contributed by atoms with Crippen molar-refractivity contribution in [2.24, 2.45) is 0 Å². The van der Waals surface area contributed by atoms with Crippen molar-refractivity contribution < 1.29 is 4.52 Å². The van der Waals surface area contributed by atoms with E-state index in [0.29, 0.717) is 11.8 Å². The second kappa shape index (κ2) is 4.30. The maximum atomic E-state index is 5.33. The first-order valence-electron chi connectivity index (χ1n) is 5.94. The Hall–Kier alpha value is -1.68. The van der Waals surface area contributed by atoms with Crippen molar-refractivity contribution in [3.63, 3.8) is 0 Å². The first kappa shape index (κ1) is 10.5. The molecule has 0 radical (unpaired) electrons. The summed E-state index contributed by atoms with van der Waals surface area (Å²) in [6, 6.07) is 8.12. The molecule has 1 aromatic carbocycles. The summed E-state index contributed by atoms with van der Waals surface area (Å²) in [5, 5.41) is 7.39. The lowest BCUT2D eigenvalue weighted by Gasteiger charge is -1.99. The molecule has 0 unspecified atom stereocenters. The Balaban J connectivity index is 1.89. The van der Waals surface area contributed by atoms with Crippen molar-refractivity contribution >= 4 is 0 Å². The van der Waals surface area contributed by atoms with E-state index in [-0.39, 0.29) is 0 Å². The lowest BCUT2D eigenvalue weighted by molar-refractivity contribution is 0.417. The minimum atomic E-state index is 0.400. The van der Waals surface area contributed by atoms with Crippen molar-refractivity contribution in [1.82, 2.24) is 15.5 Å². The maximum absolute atomic E-state index is 5.33. The molecule has 2 aromatic rings. The molecule has 88 valence electrons. The third-order valence-corrected chi connectivity index (χ3v) is 3.13. The van der Waals surface area contributed by atoms with Crippen molar-refractivity contribution in [1.29, 1.82) is 0 Å². The van der Waals surface area contributed by atoms with Gasteiger partial charge in [-0.3, -0.25) is 0 Å². The standard InChI is InChI=1S/C13H15N3O/c1-9-3-2-4-10(7-9)13-15-12(16-17-13)11-5-6-14-8-11/h2-4,7,11,14H,5-6,8H2,1H3/t11-/m0/s1. The second-order valence-electron chi connectivity index (χ2n) is 4.52. The fourth-order valence-corrected chi connectivity index (χ4v) is 2.17. The quantitative estimate of drug-likeness (QED) is 0.857. The first-order valence-corrected chi connectivity index (χ1v) is 5.94.